The van der Waals surface area contributed by atoms with Gasteiger partial charge in [0.15, 0.2) is 5.96 Å². The quantitative estimate of drug-likeness (QED) is 0.108. The number of carboxylic acid groups (broad SMARTS) is 1. The number of aliphatic carboxylic acids is 1. The van der Waals surface area contributed by atoms with Crippen molar-refractivity contribution in [3.05, 3.63) is 0 Å². The van der Waals surface area contributed by atoms with E-state index in [1.807, 2.05) is 6.92 Å². The summed E-state index contributed by atoms with van der Waals surface area (Å²) in [6.45, 7) is 4.98. The van der Waals surface area contributed by atoms with Crippen LogP contribution in [0.3, 0.4) is 0 Å². The Hall–Kier alpha value is -1.46. The van der Waals surface area contributed by atoms with E-state index in [4.69, 9.17) is 26.0 Å². The summed E-state index contributed by atoms with van der Waals surface area (Å²) >= 11 is 0. The van der Waals surface area contributed by atoms with Gasteiger partial charge in [-0.25, -0.2) is 0 Å². The third kappa shape index (κ3) is 13.8. The van der Waals surface area contributed by atoms with E-state index in [1.165, 1.54) is 0 Å². The summed E-state index contributed by atoms with van der Waals surface area (Å²) in [6.07, 6.45) is 0.352. The molecule has 0 aliphatic heterocycles. The third-order valence-corrected chi connectivity index (χ3v) is 3.56. The van der Waals surface area contributed by atoms with Gasteiger partial charge in [0.1, 0.15) is 6.04 Å². The summed E-state index contributed by atoms with van der Waals surface area (Å²) in [6, 6.07) is -0.800. The van der Waals surface area contributed by atoms with Gasteiger partial charge in [0, 0.05) is 32.7 Å². The Morgan fingerprint density at radius 2 is 2.04 bits per heavy atom. The summed E-state index contributed by atoms with van der Waals surface area (Å²) in [5.41, 5.74) is 9.42. The lowest BCUT2D eigenvalue weighted by Gasteiger charge is -2.23. The van der Waals surface area contributed by atoms with Crippen LogP contribution in [0.5, 0.6) is 0 Å². The maximum atomic E-state index is 11.2. The van der Waals surface area contributed by atoms with Crippen molar-refractivity contribution in [1.82, 2.24) is 5.32 Å². The standard InChI is InChI=1S/C16H34N4O6/c1-3-25-11-16(2,24)6-8-26-10-12(21)9-20-13(14(22)23)5-4-7-19-15(17)18/h12-13,20-21,24H,3-11H2,1-2H3,(H,22,23)(H4,17,18,19). The summed E-state index contributed by atoms with van der Waals surface area (Å²) < 4.78 is 10.5. The van der Waals surface area contributed by atoms with Crippen LogP contribution in [0.4, 0.5) is 0 Å². The Kier molecular flexibility index (Phi) is 12.9. The molecule has 8 N–H and O–H groups in total. The molecule has 0 aromatic rings. The van der Waals surface area contributed by atoms with Gasteiger partial charge in [-0.1, -0.05) is 0 Å². The number of aliphatic hydroxyl groups excluding tert-OH is 1. The summed E-state index contributed by atoms with van der Waals surface area (Å²) in [4.78, 5) is 15.0. The summed E-state index contributed by atoms with van der Waals surface area (Å²) in [7, 11) is 0. The molecule has 0 aromatic heterocycles. The minimum Gasteiger partial charge on any atom is -0.480 e. The number of aliphatic imine (C=N–C) groups is 1. The van der Waals surface area contributed by atoms with Gasteiger partial charge in [-0.2, -0.15) is 0 Å². The van der Waals surface area contributed by atoms with Crippen LogP contribution < -0.4 is 16.8 Å². The Morgan fingerprint density at radius 1 is 1.35 bits per heavy atom. The number of guanidine groups is 1. The molecule has 0 aromatic carbocycles. The first kappa shape index (κ1) is 24.5. The van der Waals surface area contributed by atoms with Gasteiger partial charge >= 0.3 is 5.97 Å². The molecule has 0 saturated heterocycles. The maximum absolute atomic E-state index is 11.2. The van der Waals surface area contributed by atoms with E-state index < -0.39 is 23.7 Å². The van der Waals surface area contributed by atoms with E-state index >= 15 is 0 Å². The lowest BCUT2D eigenvalue weighted by molar-refractivity contribution is -0.139. The van der Waals surface area contributed by atoms with E-state index in [1.54, 1.807) is 6.92 Å². The normalized spacial score (nSPS) is 15.8. The maximum Gasteiger partial charge on any atom is 0.320 e. The zero-order valence-electron chi connectivity index (χ0n) is 15.7. The number of ether oxygens (including phenoxy) is 2. The lowest BCUT2D eigenvalue weighted by Crippen LogP contribution is -2.42. The largest absolute Gasteiger partial charge is 0.480 e. The molecule has 0 aliphatic rings. The van der Waals surface area contributed by atoms with Crippen LogP contribution in [-0.4, -0.2) is 84.5 Å². The van der Waals surface area contributed by atoms with Gasteiger partial charge in [-0.15, -0.1) is 0 Å². The van der Waals surface area contributed by atoms with Crippen molar-refractivity contribution >= 4 is 11.9 Å². The van der Waals surface area contributed by atoms with Crippen molar-refractivity contribution < 1.29 is 29.6 Å². The smallest absolute Gasteiger partial charge is 0.320 e. The van der Waals surface area contributed by atoms with E-state index in [0.717, 1.165) is 0 Å². The van der Waals surface area contributed by atoms with E-state index in [0.29, 0.717) is 32.4 Å². The fourth-order valence-electron chi connectivity index (χ4n) is 2.06. The second-order valence-corrected chi connectivity index (χ2v) is 6.36. The van der Waals surface area contributed by atoms with Gasteiger partial charge in [-0.05, 0) is 26.7 Å². The highest BCUT2D eigenvalue weighted by molar-refractivity contribution is 5.75. The Morgan fingerprint density at radius 3 is 2.62 bits per heavy atom. The molecule has 0 aliphatic carbocycles. The molecule has 0 amide bonds. The number of nitrogens with two attached hydrogens (primary N) is 2. The average Bonchev–Trinajstić information content (AvgIpc) is 2.55. The average molecular weight is 378 g/mol. The van der Waals surface area contributed by atoms with Crippen LogP contribution in [0.1, 0.15) is 33.1 Å². The van der Waals surface area contributed by atoms with E-state index in [2.05, 4.69) is 10.3 Å². The van der Waals surface area contributed by atoms with Crippen LogP contribution >= 0.6 is 0 Å². The Bertz CT molecular complexity index is 416. The number of hydrogen-bond donors (Lipinski definition) is 6. The van der Waals surface area contributed by atoms with Gasteiger partial charge in [0.25, 0.3) is 0 Å². The van der Waals surface area contributed by atoms with Crippen molar-refractivity contribution in [3.63, 3.8) is 0 Å². The monoisotopic (exact) mass is 378 g/mol. The number of hydrogen-bond acceptors (Lipinski definition) is 7. The van der Waals surface area contributed by atoms with Crippen molar-refractivity contribution in [2.24, 2.45) is 16.5 Å². The molecule has 0 rings (SSSR count). The first-order chi connectivity index (χ1) is 12.2. The first-order valence-electron chi connectivity index (χ1n) is 8.75. The zero-order chi connectivity index (χ0) is 20.0. The molecule has 0 radical (unpaired) electrons. The van der Waals surface area contributed by atoms with Crippen molar-refractivity contribution in [3.8, 4) is 0 Å². The van der Waals surface area contributed by atoms with Crippen LogP contribution in [0.15, 0.2) is 4.99 Å². The molecule has 10 heteroatoms. The molecular formula is C16H34N4O6. The van der Waals surface area contributed by atoms with Crippen molar-refractivity contribution in [1.29, 1.82) is 0 Å². The van der Waals surface area contributed by atoms with Crippen LogP contribution in [0, 0.1) is 0 Å². The third-order valence-electron chi connectivity index (χ3n) is 3.56. The highest BCUT2D eigenvalue weighted by Crippen LogP contribution is 2.10. The van der Waals surface area contributed by atoms with Crippen LogP contribution in [0.25, 0.3) is 0 Å². The molecular weight excluding hydrogens is 344 g/mol. The van der Waals surface area contributed by atoms with Crippen LogP contribution in [0.2, 0.25) is 0 Å². The lowest BCUT2D eigenvalue weighted by atomic mass is 10.1. The second-order valence-electron chi connectivity index (χ2n) is 6.36. The minimum absolute atomic E-state index is 0.0300. The van der Waals surface area contributed by atoms with Crippen molar-refractivity contribution in [2.75, 3.05) is 39.5 Å². The highest BCUT2D eigenvalue weighted by atomic mass is 16.5. The Labute approximate surface area is 154 Å². The second kappa shape index (κ2) is 13.7. The predicted octanol–water partition coefficient (Wildman–Crippen LogP) is -1.36. The summed E-state index contributed by atoms with van der Waals surface area (Å²) in [5.74, 6) is -1.03. The fourth-order valence-corrected chi connectivity index (χ4v) is 2.06. The molecule has 0 spiro atoms. The first-order valence-corrected chi connectivity index (χ1v) is 8.75. The number of nitrogens with one attached hydrogen (secondary N) is 1. The van der Waals surface area contributed by atoms with E-state index in [-0.39, 0.29) is 32.3 Å². The minimum atomic E-state index is -1.00. The molecule has 3 atom stereocenters. The molecule has 0 saturated carbocycles. The van der Waals surface area contributed by atoms with Crippen LogP contribution in [-0.2, 0) is 14.3 Å². The number of carbonyl (C=O) groups is 1. The van der Waals surface area contributed by atoms with E-state index in [9.17, 15) is 15.0 Å². The molecule has 26 heavy (non-hydrogen) atoms. The number of aliphatic hydroxyl groups is 2. The topological polar surface area (TPSA) is 173 Å². The molecule has 3 unspecified atom stereocenters. The molecule has 10 nitrogen and oxygen atoms in total. The number of carboxylic acids is 1. The van der Waals surface area contributed by atoms with Crippen molar-refractivity contribution in [2.45, 2.75) is 50.9 Å². The number of nitrogens with zero attached hydrogens (tertiary/aromatic N) is 1. The van der Waals surface area contributed by atoms with Gasteiger partial charge in [0.05, 0.1) is 24.9 Å². The van der Waals surface area contributed by atoms with Gasteiger partial charge < -0.3 is 41.6 Å². The number of rotatable bonds is 16. The SMILES string of the molecule is CCOCC(C)(O)CCOCC(O)CNC(CCCN=C(N)N)C(=O)O. The molecule has 0 bridgehead atoms. The molecule has 0 fully saturated rings. The molecule has 0 heterocycles. The molecule has 154 valence electrons. The Balaban J connectivity index is 3.97. The van der Waals surface area contributed by atoms with Gasteiger partial charge in [-0.3, -0.25) is 9.79 Å². The fraction of sp³-hybridized carbons (Fsp3) is 0.875. The highest BCUT2D eigenvalue weighted by Gasteiger charge is 2.21. The predicted molar refractivity (Wildman–Crippen MR) is 97.9 cm³/mol. The summed E-state index contributed by atoms with van der Waals surface area (Å²) in [5, 5.41) is 31.8. The zero-order valence-corrected chi connectivity index (χ0v) is 15.7. The van der Waals surface area contributed by atoms with Gasteiger partial charge in [0.2, 0.25) is 0 Å².